The van der Waals surface area contributed by atoms with E-state index in [4.69, 9.17) is 0 Å². The fourth-order valence-corrected chi connectivity index (χ4v) is 2.65. The van der Waals surface area contributed by atoms with E-state index in [2.05, 4.69) is 24.5 Å². The molecule has 1 rings (SSSR count). The van der Waals surface area contributed by atoms with Gasteiger partial charge < -0.3 is 10.6 Å². The van der Waals surface area contributed by atoms with Crippen LogP contribution in [-0.2, 0) is 4.79 Å². The maximum absolute atomic E-state index is 11.8. The number of hydrogen-bond donors (Lipinski definition) is 2. The molecule has 0 saturated heterocycles. The van der Waals surface area contributed by atoms with Gasteiger partial charge in [0, 0.05) is 19.0 Å². The highest BCUT2D eigenvalue weighted by Crippen LogP contribution is 2.28. The van der Waals surface area contributed by atoms with E-state index in [-0.39, 0.29) is 24.2 Å². The van der Waals surface area contributed by atoms with Crippen molar-refractivity contribution in [2.75, 3.05) is 19.6 Å². The molecule has 1 aliphatic rings. The van der Waals surface area contributed by atoms with E-state index in [1.807, 2.05) is 0 Å². The molecule has 4 heteroatoms. The normalized spacial score (nSPS) is 17.9. The molecule has 0 bridgehead atoms. The average molecular weight is 277 g/mol. The van der Waals surface area contributed by atoms with Crippen LogP contribution >= 0.6 is 12.4 Å². The summed E-state index contributed by atoms with van der Waals surface area (Å²) >= 11 is 0. The fraction of sp³-hybridized carbons (Fsp3) is 0.929. The molecule has 0 aromatic rings. The Morgan fingerprint density at radius 3 is 2.50 bits per heavy atom. The zero-order valence-corrected chi connectivity index (χ0v) is 12.7. The number of rotatable bonds is 7. The monoisotopic (exact) mass is 276 g/mol. The summed E-state index contributed by atoms with van der Waals surface area (Å²) in [6, 6.07) is 0. The second-order valence-electron chi connectivity index (χ2n) is 5.29. The van der Waals surface area contributed by atoms with E-state index in [0.717, 1.165) is 32.0 Å². The van der Waals surface area contributed by atoms with Crippen LogP contribution in [0.1, 0.15) is 52.4 Å². The molecular weight excluding hydrogens is 248 g/mol. The molecule has 1 saturated carbocycles. The Bertz CT molecular complexity index is 218. The maximum Gasteiger partial charge on any atom is 0.222 e. The summed E-state index contributed by atoms with van der Waals surface area (Å²) in [5.41, 5.74) is 0. The van der Waals surface area contributed by atoms with Crippen LogP contribution in [0.3, 0.4) is 0 Å². The Morgan fingerprint density at radius 1 is 1.22 bits per heavy atom. The second kappa shape index (κ2) is 10.6. The smallest absolute Gasteiger partial charge is 0.222 e. The van der Waals surface area contributed by atoms with Crippen LogP contribution in [0.25, 0.3) is 0 Å². The van der Waals surface area contributed by atoms with Gasteiger partial charge in [0.15, 0.2) is 0 Å². The van der Waals surface area contributed by atoms with Crippen molar-refractivity contribution in [3.63, 3.8) is 0 Å². The number of carbonyl (C=O) groups excluding carboxylic acids is 1. The number of hydrogen-bond acceptors (Lipinski definition) is 2. The first-order valence-corrected chi connectivity index (χ1v) is 7.22. The molecule has 1 atom stereocenters. The van der Waals surface area contributed by atoms with Crippen LogP contribution < -0.4 is 10.6 Å². The lowest BCUT2D eigenvalue weighted by Gasteiger charge is -2.24. The molecule has 1 unspecified atom stereocenters. The molecule has 1 amide bonds. The molecule has 0 aliphatic heterocycles. The molecule has 0 aromatic carbocycles. The standard InChI is InChI=1S/C14H28N2O.ClH/c1-3-15-9-10-16-14(17)12(2)11-13-7-5-4-6-8-13;/h12-13,15H,3-11H2,1-2H3,(H,16,17);1H. The van der Waals surface area contributed by atoms with Crippen LogP contribution in [0.4, 0.5) is 0 Å². The van der Waals surface area contributed by atoms with Crippen molar-refractivity contribution in [3.05, 3.63) is 0 Å². The summed E-state index contributed by atoms with van der Waals surface area (Å²) in [5.74, 6) is 1.20. The molecule has 1 fully saturated rings. The molecular formula is C14H29ClN2O. The van der Waals surface area contributed by atoms with E-state index < -0.39 is 0 Å². The molecule has 3 nitrogen and oxygen atoms in total. The molecule has 0 aromatic heterocycles. The van der Waals surface area contributed by atoms with Crippen LogP contribution in [0.2, 0.25) is 0 Å². The van der Waals surface area contributed by atoms with Gasteiger partial charge in [0.25, 0.3) is 0 Å². The van der Waals surface area contributed by atoms with Gasteiger partial charge in [-0.25, -0.2) is 0 Å². The topological polar surface area (TPSA) is 41.1 Å². The Balaban J connectivity index is 0.00000289. The zero-order chi connectivity index (χ0) is 12.5. The summed E-state index contributed by atoms with van der Waals surface area (Å²) in [6.45, 7) is 6.73. The van der Waals surface area contributed by atoms with Crippen LogP contribution in [0.15, 0.2) is 0 Å². The van der Waals surface area contributed by atoms with Gasteiger partial charge in [0.05, 0.1) is 0 Å². The Morgan fingerprint density at radius 2 is 1.89 bits per heavy atom. The van der Waals surface area contributed by atoms with Crippen molar-refractivity contribution in [1.29, 1.82) is 0 Å². The largest absolute Gasteiger partial charge is 0.355 e. The maximum atomic E-state index is 11.8. The van der Waals surface area contributed by atoms with E-state index in [0.29, 0.717) is 0 Å². The molecule has 108 valence electrons. The Kier molecular flexibility index (Phi) is 10.5. The van der Waals surface area contributed by atoms with Gasteiger partial charge in [0.1, 0.15) is 0 Å². The number of likely N-dealkylation sites (N-methyl/N-ethyl adjacent to an activating group) is 1. The third-order valence-electron chi connectivity index (χ3n) is 3.71. The zero-order valence-electron chi connectivity index (χ0n) is 11.8. The fourth-order valence-electron chi connectivity index (χ4n) is 2.65. The predicted octanol–water partition coefficient (Wildman–Crippen LogP) is 2.74. The van der Waals surface area contributed by atoms with Crippen molar-refractivity contribution in [2.24, 2.45) is 11.8 Å². The van der Waals surface area contributed by atoms with E-state index >= 15 is 0 Å². The minimum atomic E-state index is 0. The van der Waals surface area contributed by atoms with Gasteiger partial charge in [-0.2, -0.15) is 0 Å². The van der Waals surface area contributed by atoms with Crippen molar-refractivity contribution in [1.82, 2.24) is 10.6 Å². The van der Waals surface area contributed by atoms with E-state index in [1.54, 1.807) is 0 Å². The van der Waals surface area contributed by atoms with Crippen molar-refractivity contribution < 1.29 is 4.79 Å². The van der Waals surface area contributed by atoms with E-state index in [1.165, 1.54) is 32.1 Å². The third-order valence-corrected chi connectivity index (χ3v) is 3.71. The Labute approximate surface area is 118 Å². The molecule has 18 heavy (non-hydrogen) atoms. The molecule has 2 N–H and O–H groups in total. The highest BCUT2D eigenvalue weighted by molar-refractivity contribution is 5.85. The summed E-state index contributed by atoms with van der Waals surface area (Å²) in [6.07, 6.45) is 7.84. The summed E-state index contributed by atoms with van der Waals surface area (Å²) in [7, 11) is 0. The SMILES string of the molecule is CCNCCNC(=O)C(C)CC1CCCCC1.Cl. The van der Waals surface area contributed by atoms with Crippen molar-refractivity contribution >= 4 is 18.3 Å². The number of nitrogens with one attached hydrogen (secondary N) is 2. The summed E-state index contributed by atoms with van der Waals surface area (Å²) in [5, 5.41) is 6.21. The molecule has 0 spiro atoms. The van der Waals surface area contributed by atoms with Crippen LogP contribution in [0, 0.1) is 11.8 Å². The van der Waals surface area contributed by atoms with Gasteiger partial charge in [0.2, 0.25) is 5.91 Å². The van der Waals surface area contributed by atoms with Gasteiger partial charge in [-0.3, -0.25) is 4.79 Å². The lowest BCUT2D eigenvalue weighted by molar-refractivity contribution is -0.125. The Hall–Kier alpha value is -0.280. The first kappa shape index (κ1) is 17.7. The van der Waals surface area contributed by atoms with Crippen LogP contribution in [0.5, 0.6) is 0 Å². The number of amides is 1. The van der Waals surface area contributed by atoms with Gasteiger partial charge >= 0.3 is 0 Å². The van der Waals surface area contributed by atoms with Crippen molar-refractivity contribution in [2.45, 2.75) is 52.4 Å². The first-order chi connectivity index (χ1) is 8.24. The van der Waals surface area contributed by atoms with Crippen LogP contribution in [-0.4, -0.2) is 25.5 Å². The van der Waals surface area contributed by atoms with E-state index in [9.17, 15) is 4.79 Å². The minimum Gasteiger partial charge on any atom is -0.355 e. The summed E-state index contributed by atoms with van der Waals surface area (Å²) < 4.78 is 0. The highest BCUT2D eigenvalue weighted by Gasteiger charge is 2.20. The third kappa shape index (κ3) is 7.22. The molecule has 0 radical (unpaired) electrons. The van der Waals surface area contributed by atoms with Crippen molar-refractivity contribution in [3.8, 4) is 0 Å². The second-order valence-corrected chi connectivity index (χ2v) is 5.29. The van der Waals surface area contributed by atoms with Gasteiger partial charge in [-0.15, -0.1) is 12.4 Å². The minimum absolute atomic E-state index is 0. The molecule has 1 aliphatic carbocycles. The number of carbonyl (C=O) groups is 1. The quantitative estimate of drug-likeness (QED) is 0.702. The number of halogens is 1. The first-order valence-electron chi connectivity index (χ1n) is 7.22. The van der Waals surface area contributed by atoms with Gasteiger partial charge in [-0.1, -0.05) is 46.0 Å². The van der Waals surface area contributed by atoms with Gasteiger partial charge in [-0.05, 0) is 18.9 Å². The summed E-state index contributed by atoms with van der Waals surface area (Å²) in [4.78, 5) is 11.8. The average Bonchev–Trinajstić information content (AvgIpc) is 2.35. The predicted molar refractivity (Wildman–Crippen MR) is 79.2 cm³/mol. The highest BCUT2D eigenvalue weighted by atomic mass is 35.5. The lowest BCUT2D eigenvalue weighted by Crippen LogP contribution is -2.35. The lowest BCUT2D eigenvalue weighted by atomic mass is 9.83. The molecule has 0 heterocycles.